The molecule has 5 nitrogen and oxygen atoms in total. The molecule has 0 aliphatic rings. The molecule has 2 rings (SSSR count). The molecule has 0 saturated heterocycles. The first-order chi connectivity index (χ1) is 10.0. The number of rotatable bonds is 5. The first-order valence-electron chi connectivity index (χ1n) is 6.65. The Kier molecular flexibility index (Phi) is 5.25. The van der Waals surface area contributed by atoms with Crippen LogP contribution in [0.4, 0.5) is 0 Å². The molecule has 1 aromatic heterocycles. The molecule has 1 unspecified atom stereocenters. The van der Waals surface area contributed by atoms with Crippen LogP contribution >= 0.6 is 23.4 Å². The molecule has 0 radical (unpaired) electrons. The first-order valence-corrected chi connectivity index (χ1v) is 7.91. The van der Waals surface area contributed by atoms with E-state index in [0.29, 0.717) is 27.6 Å². The van der Waals surface area contributed by atoms with E-state index < -0.39 is 0 Å². The highest BCUT2D eigenvalue weighted by Gasteiger charge is 2.15. The van der Waals surface area contributed by atoms with Gasteiger partial charge in [0.15, 0.2) is 5.16 Å². The van der Waals surface area contributed by atoms with Crippen LogP contribution in [0, 0.1) is 0 Å². The summed E-state index contributed by atoms with van der Waals surface area (Å²) in [5, 5.41) is 3.88. The maximum Gasteiger partial charge on any atom is 0.259 e. The van der Waals surface area contributed by atoms with Crippen LogP contribution in [-0.4, -0.2) is 27.7 Å². The van der Waals surface area contributed by atoms with Gasteiger partial charge in [-0.15, -0.1) is 0 Å². The molecule has 1 atom stereocenters. The number of benzene rings is 1. The molecular formula is C14H16ClN3O2S. The fourth-order valence-corrected chi connectivity index (χ4v) is 2.75. The van der Waals surface area contributed by atoms with Crippen molar-refractivity contribution in [3.8, 4) is 0 Å². The largest absolute Gasteiger partial charge is 0.355 e. The fourth-order valence-electron chi connectivity index (χ4n) is 1.76. The van der Waals surface area contributed by atoms with Crippen LogP contribution in [0.3, 0.4) is 0 Å². The molecule has 0 fully saturated rings. The van der Waals surface area contributed by atoms with Crippen molar-refractivity contribution >= 4 is 40.2 Å². The lowest BCUT2D eigenvalue weighted by molar-refractivity contribution is -0.120. The number of hydrogen-bond acceptors (Lipinski definition) is 4. The van der Waals surface area contributed by atoms with Crippen LogP contribution in [0.25, 0.3) is 10.9 Å². The molecule has 1 aromatic carbocycles. The Morgan fingerprint density at radius 1 is 1.52 bits per heavy atom. The molecule has 0 aliphatic carbocycles. The topological polar surface area (TPSA) is 74.8 Å². The van der Waals surface area contributed by atoms with E-state index in [0.717, 1.165) is 6.42 Å². The highest BCUT2D eigenvalue weighted by Crippen LogP contribution is 2.21. The van der Waals surface area contributed by atoms with Crippen LogP contribution in [0.2, 0.25) is 5.02 Å². The van der Waals surface area contributed by atoms with E-state index in [-0.39, 0.29) is 16.7 Å². The van der Waals surface area contributed by atoms with Gasteiger partial charge in [-0.3, -0.25) is 9.59 Å². The van der Waals surface area contributed by atoms with E-state index in [4.69, 9.17) is 11.6 Å². The summed E-state index contributed by atoms with van der Waals surface area (Å²) in [5.74, 6) is -0.0734. The summed E-state index contributed by atoms with van der Waals surface area (Å²) >= 11 is 7.13. The summed E-state index contributed by atoms with van der Waals surface area (Å²) in [6.07, 6.45) is 0.882. The number of nitrogens with one attached hydrogen (secondary N) is 2. The molecule has 2 aromatic rings. The second-order valence-corrected chi connectivity index (χ2v) is 6.35. The fraction of sp³-hybridized carbons (Fsp3) is 0.357. The average Bonchev–Trinajstić information content (AvgIpc) is 2.44. The highest BCUT2D eigenvalue weighted by atomic mass is 35.5. The standard InChI is InChI=1S/C14H16ClN3O2S/c1-3-6-16-12(19)8(2)21-14-17-11-7-9(15)4-5-10(11)13(20)18-14/h4-5,7-8H,3,6H2,1-2H3,(H,16,19)(H,17,18,20). The summed E-state index contributed by atoms with van der Waals surface area (Å²) in [6.45, 7) is 4.41. The van der Waals surface area contributed by atoms with Gasteiger partial charge in [-0.05, 0) is 31.5 Å². The number of amides is 1. The highest BCUT2D eigenvalue weighted by molar-refractivity contribution is 8.00. The van der Waals surface area contributed by atoms with E-state index in [1.165, 1.54) is 11.8 Å². The Labute approximate surface area is 131 Å². The van der Waals surface area contributed by atoms with Crippen LogP contribution in [0.15, 0.2) is 28.2 Å². The minimum atomic E-state index is -0.337. The molecule has 0 aliphatic heterocycles. The van der Waals surface area contributed by atoms with E-state index in [1.807, 2.05) is 6.92 Å². The van der Waals surface area contributed by atoms with Crippen molar-refractivity contribution in [1.29, 1.82) is 0 Å². The molecule has 1 amide bonds. The maximum atomic E-state index is 12.0. The zero-order valence-electron chi connectivity index (χ0n) is 11.8. The van der Waals surface area contributed by atoms with Gasteiger partial charge >= 0.3 is 0 Å². The van der Waals surface area contributed by atoms with E-state index in [1.54, 1.807) is 25.1 Å². The van der Waals surface area contributed by atoms with Gasteiger partial charge in [0.05, 0.1) is 16.2 Å². The van der Waals surface area contributed by atoms with Gasteiger partial charge in [-0.25, -0.2) is 4.98 Å². The second-order valence-electron chi connectivity index (χ2n) is 4.58. The lowest BCUT2D eigenvalue weighted by atomic mass is 10.2. The number of H-pyrrole nitrogens is 1. The monoisotopic (exact) mass is 325 g/mol. The lowest BCUT2D eigenvalue weighted by Gasteiger charge is -2.11. The molecule has 7 heteroatoms. The van der Waals surface area contributed by atoms with Crippen LogP contribution in [0.5, 0.6) is 0 Å². The smallest absolute Gasteiger partial charge is 0.259 e. The number of thioether (sulfide) groups is 1. The van der Waals surface area contributed by atoms with E-state index in [9.17, 15) is 9.59 Å². The lowest BCUT2D eigenvalue weighted by Crippen LogP contribution is -2.31. The number of aromatic nitrogens is 2. The Morgan fingerprint density at radius 2 is 2.29 bits per heavy atom. The summed E-state index contributed by atoms with van der Waals surface area (Å²) in [6, 6.07) is 4.92. The molecule has 0 spiro atoms. The number of aromatic amines is 1. The zero-order chi connectivity index (χ0) is 15.4. The molecule has 112 valence electrons. The third-order valence-corrected chi connectivity index (χ3v) is 4.07. The third kappa shape index (κ3) is 3.98. The predicted molar refractivity (Wildman–Crippen MR) is 86.0 cm³/mol. The number of nitrogens with zero attached hydrogens (tertiary/aromatic N) is 1. The van der Waals surface area contributed by atoms with Gasteiger partial charge in [0.1, 0.15) is 0 Å². The number of hydrogen-bond donors (Lipinski definition) is 2. The Balaban J connectivity index is 2.22. The van der Waals surface area contributed by atoms with Crippen LogP contribution in [-0.2, 0) is 4.79 Å². The van der Waals surface area contributed by atoms with Gasteiger partial charge in [0.2, 0.25) is 5.91 Å². The number of carbonyl (C=O) groups is 1. The van der Waals surface area contributed by atoms with Gasteiger partial charge in [0, 0.05) is 11.6 Å². The number of carbonyl (C=O) groups excluding carboxylic acids is 1. The minimum absolute atomic E-state index is 0.0734. The number of fused-ring (bicyclic) bond motifs is 1. The Hall–Kier alpha value is -1.53. The first kappa shape index (κ1) is 15.9. The van der Waals surface area contributed by atoms with Crippen LogP contribution < -0.4 is 10.9 Å². The number of halogens is 1. The quantitative estimate of drug-likeness (QED) is 0.654. The summed E-state index contributed by atoms with van der Waals surface area (Å²) in [4.78, 5) is 30.8. The molecule has 21 heavy (non-hydrogen) atoms. The van der Waals surface area contributed by atoms with Crippen molar-refractivity contribution in [1.82, 2.24) is 15.3 Å². The average molecular weight is 326 g/mol. The van der Waals surface area contributed by atoms with Gasteiger partial charge in [-0.1, -0.05) is 30.3 Å². The zero-order valence-corrected chi connectivity index (χ0v) is 13.3. The van der Waals surface area contributed by atoms with Crippen molar-refractivity contribution in [2.45, 2.75) is 30.7 Å². The van der Waals surface area contributed by atoms with Crippen molar-refractivity contribution in [3.63, 3.8) is 0 Å². The van der Waals surface area contributed by atoms with Crippen LogP contribution in [0.1, 0.15) is 20.3 Å². The SMILES string of the molecule is CCCNC(=O)C(C)Sc1nc2cc(Cl)ccc2c(=O)[nH]1. The minimum Gasteiger partial charge on any atom is -0.355 e. The summed E-state index contributed by atoms with van der Waals surface area (Å²) < 4.78 is 0. The normalized spacial score (nSPS) is 12.3. The van der Waals surface area contributed by atoms with E-state index >= 15 is 0 Å². The molecule has 1 heterocycles. The Bertz CT molecular complexity index is 717. The molecule has 0 saturated carbocycles. The molecular weight excluding hydrogens is 310 g/mol. The third-order valence-electron chi connectivity index (χ3n) is 2.85. The Morgan fingerprint density at radius 3 is 3.00 bits per heavy atom. The van der Waals surface area contributed by atoms with Gasteiger partial charge in [-0.2, -0.15) is 0 Å². The second kappa shape index (κ2) is 6.95. The van der Waals surface area contributed by atoms with E-state index in [2.05, 4.69) is 15.3 Å². The van der Waals surface area contributed by atoms with Crippen molar-refractivity contribution < 1.29 is 4.79 Å². The summed E-state index contributed by atoms with van der Waals surface area (Å²) in [7, 11) is 0. The molecule has 0 bridgehead atoms. The van der Waals surface area contributed by atoms with Crippen molar-refractivity contribution in [3.05, 3.63) is 33.6 Å². The summed E-state index contributed by atoms with van der Waals surface area (Å²) in [5.41, 5.74) is 0.287. The predicted octanol–water partition coefficient (Wildman–Crippen LogP) is 2.58. The van der Waals surface area contributed by atoms with Gasteiger partial charge < -0.3 is 10.3 Å². The van der Waals surface area contributed by atoms with Crippen molar-refractivity contribution in [2.75, 3.05) is 6.54 Å². The molecule has 2 N–H and O–H groups in total. The van der Waals surface area contributed by atoms with Crippen molar-refractivity contribution in [2.24, 2.45) is 0 Å². The maximum absolute atomic E-state index is 12.0. The van der Waals surface area contributed by atoms with Gasteiger partial charge in [0.25, 0.3) is 5.56 Å².